The van der Waals surface area contributed by atoms with Gasteiger partial charge in [0.1, 0.15) is 5.84 Å². The Morgan fingerprint density at radius 3 is 2.64 bits per heavy atom. The van der Waals surface area contributed by atoms with Gasteiger partial charge in [0.2, 0.25) is 0 Å². The fraction of sp³-hybridized carbons (Fsp3) is 0.381. The number of aliphatic imine (C=N–C) groups is 1. The third-order valence-electron chi connectivity index (χ3n) is 3.99. The van der Waals surface area contributed by atoms with Crippen LogP contribution in [0.4, 0.5) is 0 Å². The first-order valence-corrected chi connectivity index (χ1v) is 8.90. The largest absolute Gasteiger partial charge is 0.384 e. The van der Waals surface area contributed by atoms with Gasteiger partial charge in [-0.3, -0.25) is 4.99 Å². The minimum atomic E-state index is -0.198. The maximum absolute atomic E-state index is 6.19. The first kappa shape index (κ1) is 20.9. The summed E-state index contributed by atoms with van der Waals surface area (Å²) in [6.45, 7) is 7.71. The SMILES string of the molecule is CC.CC1(CN)C=CC=CC(C(N)=NCC2=CC=CCC(CN)=C2)=C1. The van der Waals surface area contributed by atoms with Crippen molar-refractivity contribution in [2.24, 2.45) is 27.6 Å². The van der Waals surface area contributed by atoms with Crippen molar-refractivity contribution in [1.29, 1.82) is 0 Å². The zero-order valence-corrected chi connectivity index (χ0v) is 15.7. The topological polar surface area (TPSA) is 90.4 Å². The highest BCUT2D eigenvalue weighted by Gasteiger charge is 2.18. The lowest BCUT2D eigenvalue weighted by Gasteiger charge is -2.19. The Kier molecular flexibility index (Phi) is 8.89. The molecule has 0 radical (unpaired) electrons. The molecule has 4 nitrogen and oxygen atoms in total. The molecule has 25 heavy (non-hydrogen) atoms. The molecule has 0 saturated heterocycles. The first-order chi connectivity index (χ1) is 12.1. The molecule has 0 heterocycles. The Labute approximate surface area is 152 Å². The summed E-state index contributed by atoms with van der Waals surface area (Å²) in [5, 5.41) is 0. The summed E-state index contributed by atoms with van der Waals surface area (Å²) in [6.07, 6.45) is 19.3. The summed E-state index contributed by atoms with van der Waals surface area (Å²) in [5.74, 6) is 0.529. The zero-order valence-electron chi connectivity index (χ0n) is 15.7. The summed E-state index contributed by atoms with van der Waals surface area (Å²) in [7, 11) is 0. The minimum absolute atomic E-state index is 0.198. The lowest BCUT2D eigenvalue weighted by molar-refractivity contribution is 0.566. The van der Waals surface area contributed by atoms with E-state index in [-0.39, 0.29) is 5.41 Å². The van der Waals surface area contributed by atoms with Crippen LogP contribution in [-0.4, -0.2) is 25.5 Å². The summed E-state index contributed by atoms with van der Waals surface area (Å²) in [6, 6.07) is 0. The molecular weight excluding hydrogens is 308 g/mol. The van der Waals surface area contributed by atoms with E-state index < -0.39 is 0 Å². The number of nitrogens with zero attached hydrogens (tertiary/aromatic N) is 1. The highest BCUT2D eigenvalue weighted by Crippen LogP contribution is 2.23. The van der Waals surface area contributed by atoms with Crippen molar-refractivity contribution in [2.45, 2.75) is 27.2 Å². The van der Waals surface area contributed by atoms with Crippen LogP contribution in [0.25, 0.3) is 0 Å². The van der Waals surface area contributed by atoms with Gasteiger partial charge in [-0.1, -0.05) is 81.0 Å². The van der Waals surface area contributed by atoms with Crippen LogP contribution in [0, 0.1) is 5.41 Å². The van der Waals surface area contributed by atoms with Crippen LogP contribution >= 0.6 is 0 Å². The van der Waals surface area contributed by atoms with Crippen LogP contribution in [0.2, 0.25) is 0 Å². The molecule has 0 aliphatic heterocycles. The zero-order chi connectivity index (χ0) is 18.7. The Morgan fingerprint density at radius 1 is 1.20 bits per heavy atom. The molecule has 6 N–H and O–H groups in total. The normalized spacial score (nSPS) is 22.9. The van der Waals surface area contributed by atoms with Gasteiger partial charge in [0.25, 0.3) is 0 Å². The summed E-state index contributed by atoms with van der Waals surface area (Å²) < 4.78 is 0. The molecule has 1 unspecified atom stereocenters. The van der Waals surface area contributed by atoms with Crippen LogP contribution in [0.1, 0.15) is 27.2 Å². The van der Waals surface area contributed by atoms with Crippen molar-refractivity contribution in [1.82, 2.24) is 0 Å². The fourth-order valence-corrected chi connectivity index (χ4v) is 2.46. The van der Waals surface area contributed by atoms with E-state index in [4.69, 9.17) is 17.2 Å². The number of amidine groups is 1. The van der Waals surface area contributed by atoms with Crippen LogP contribution in [0.15, 0.2) is 76.4 Å². The predicted octanol–water partition coefficient (Wildman–Crippen LogP) is 3.16. The molecule has 0 spiro atoms. The van der Waals surface area contributed by atoms with Gasteiger partial charge in [-0.2, -0.15) is 0 Å². The summed E-state index contributed by atoms with van der Waals surface area (Å²) in [4.78, 5) is 4.54. The quantitative estimate of drug-likeness (QED) is 0.530. The number of allylic oxidation sites excluding steroid dienone is 5. The Balaban J connectivity index is 0.00000151. The van der Waals surface area contributed by atoms with E-state index in [9.17, 15) is 0 Å². The average Bonchev–Trinajstić information content (AvgIpc) is 3.00. The molecule has 0 fully saturated rings. The third-order valence-corrected chi connectivity index (χ3v) is 3.99. The highest BCUT2D eigenvalue weighted by molar-refractivity contribution is 6.00. The van der Waals surface area contributed by atoms with E-state index >= 15 is 0 Å². The Bertz CT molecular complexity index is 645. The van der Waals surface area contributed by atoms with E-state index in [0.29, 0.717) is 25.5 Å². The fourth-order valence-electron chi connectivity index (χ4n) is 2.46. The van der Waals surface area contributed by atoms with Gasteiger partial charge in [0.05, 0.1) is 6.54 Å². The van der Waals surface area contributed by atoms with E-state index in [1.165, 1.54) is 5.57 Å². The molecule has 0 amide bonds. The first-order valence-electron chi connectivity index (χ1n) is 8.90. The maximum atomic E-state index is 6.19. The van der Waals surface area contributed by atoms with Crippen molar-refractivity contribution >= 4 is 5.84 Å². The van der Waals surface area contributed by atoms with Gasteiger partial charge >= 0.3 is 0 Å². The molecule has 2 rings (SSSR count). The molecule has 136 valence electrons. The number of hydrogen-bond donors (Lipinski definition) is 3. The molecule has 2 aliphatic carbocycles. The van der Waals surface area contributed by atoms with Crippen LogP contribution < -0.4 is 17.2 Å². The molecule has 1 atom stereocenters. The lowest BCUT2D eigenvalue weighted by atomic mass is 9.88. The number of rotatable bonds is 5. The number of nitrogens with two attached hydrogens (primary N) is 3. The van der Waals surface area contributed by atoms with Gasteiger partial charge in [-0.15, -0.1) is 0 Å². The van der Waals surface area contributed by atoms with Gasteiger partial charge in [0, 0.05) is 24.1 Å². The van der Waals surface area contributed by atoms with Gasteiger partial charge in [-0.05, 0) is 12.0 Å². The van der Waals surface area contributed by atoms with E-state index in [2.05, 4.69) is 42.3 Å². The van der Waals surface area contributed by atoms with E-state index in [1.807, 2.05) is 38.2 Å². The molecular formula is C21H32N4. The van der Waals surface area contributed by atoms with E-state index in [0.717, 1.165) is 17.6 Å². The predicted molar refractivity (Wildman–Crippen MR) is 110 cm³/mol. The monoisotopic (exact) mass is 340 g/mol. The second kappa shape index (κ2) is 10.6. The second-order valence-corrected chi connectivity index (χ2v) is 6.11. The third kappa shape index (κ3) is 6.69. The van der Waals surface area contributed by atoms with Crippen LogP contribution in [0.5, 0.6) is 0 Å². The second-order valence-electron chi connectivity index (χ2n) is 6.11. The minimum Gasteiger partial charge on any atom is -0.384 e. The van der Waals surface area contributed by atoms with E-state index in [1.54, 1.807) is 0 Å². The Hall–Kier alpha value is -2.17. The smallest absolute Gasteiger partial charge is 0.125 e. The van der Waals surface area contributed by atoms with Gasteiger partial charge in [-0.25, -0.2) is 0 Å². The van der Waals surface area contributed by atoms with Crippen molar-refractivity contribution in [2.75, 3.05) is 19.6 Å². The molecule has 0 saturated carbocycles. The standard InChI is InChI=1S/C19H26N4.C2H6/c1-19(14-21)9-5-4-8-17(11-19)18(22)23-13-16-7-3-2-6-15(10-16)12-20;1-2/h2-5,7-11H,6,12-14,20-21H2,1H3,(H2,22,23);1-2H3. The van der Waals surface area contributed by atoms with Crippen LogP contribution in [-0.2, 0) is 0 Å². The summed E-state index contributed by atoms with van der Waals surface area (Å²) in [5.41, 5.74) is 20.8. The molecule has 4 heteroatoms. The lowest BCUT2D eigenvalue weighted by Crippen LogP contribution is -2.24. The van der Waals surface area contributed by atoms with Crippen molar-refractivity contribution in [3.05, 3.63) is 71.4 Å². The van der Waals surface area contributed by atoms with Crippen molar-refractivity contribution < 1.29 is 0 Å². The van der Waals surface area contributed by atoms with Crippen molar-refractivity contribution in [3.8, 4) is 0 Å². The Morgan fingerprint density at radius 2 is 1.96 bits per heavy atom. The average molecular weight is 341 g/mol. The molecule has 0 aromatic heterocycles. The summed E-state index contributed by atoms with van der Waals surface area (Å²) >= 11 is 0. The molecule has 0 bridgehead atoms. The maximum Gasteiger partial charge on any atom is 0.125 e. The van der Waals surface area contributed by atoms with Crippen molar-refractivity contribution in [3.63, 3.8) is 0 Å². The molecule has 0 aromatic carbocycles. The molecule has 0 aromatic rings. The number of hydrogen-bond acceptors (Lipinski definition) is 3. The van der Waals surface area contributed by atoms with Gasteiger partial charge < -0.3 is 17.2 Å². The van der Waals surface area contributed by atoms with Crippen LogP contribution in [0.3, 0.4) is 0 Å². The highest BCUT2D eigenvalue weighted by atomic mass is 14.8. The molecule has 2 aliphatic rings. The van der Waals surface area contributed by atoms with Gasteiger partial charge in [0.15, 0.2) is 0 Å².